The second kappa shape index (κ2) is 4.64. The molecular formula is C12H18N4O3. The number of rotatable bonds is 3. The van der Waals surface area contributed by atoms with Crippen molar-refractivity contribution in [1.29, 1.82) is 0 Å². The van der Waals surface area contributed by atoms with Crippen molar-refractivity contribution < 1.29 is 14.1 Å². The summed E-state index contributed by atoms with van der Waals surface area (Å²) in [7, 11) is 0. The highest BCUT2D eigenvalue weighted by atomic mass is 16.5. The van der Waals surface area contributed by atoms with Gasteiger partial charge in [-0.2, -0.15) is 4.98 Å². The first kappa shape index (κ1) is 13.5. The SMILES string of the molecule is CCc1nc(CN2C(=O)NC(C(C)(C)C)C2=O)no1. The van der Waals surface area contributed by atoms with E-state index in [0.717, 1.165) is 4.90 Å². The summed E-state index contributed by atoms with van der Waals surface area (Å²) in [6.45, 7) is 7.65. The van der Waals surface area contributed by atoms with Crippen molar-refractivity contribution in [3.8, 4) is 0 Å². The second-order valence-corrected chi connectivity index (χ2v) is 5.63. The average Bonchev–Trinajstić information content (AvgIpc) is 2.88. The normalized spacial score (nSPS) is 20.0. The summed E-state index contributed by atoms with van der Waals surface area (Å²) in [5.41, 5.74) is -0.326. The molecule has 1 aliphatic rings. The lowest BCUT2D eigenvalue weighted by Crippen LogP contribution is -2.41. The molecule has 1 fully saturated rings. The van der Waals surface area contributed by atoms with E-state index in [2.05, 4.69) is 15.5 Å². The van der Waals surface area contributed by atoms with Crippen molar-refractivity contribution in [2.75, 3.05) is 0 Å². The maximum atomic E-state index is 12.2. The van der Waals surface area contributed by atoms with E-state index in [1.165, 1.54) is 0 Å². The number of amides is 3. The number of imide groups is 1. The Morgan fingerprint density at radius 1 is 1.37 bits per heavy atom. The lowest BCUT2D eigenvalue weighted by Gasteiger charge is -2.24. The van der Waals surface area contributed by atoms with Gasteiger partial charge in [0.15, 0.2) is 5.82 Å². The van der Waals surface area contributed by atoms with Crippen molar-refractivity contribution >= 4 is 11.9 Å². The number of carbonyl (C=O) groups excluding carboxylic acids is 2. The van der Waals surface area contributed by atoms with E-state index in [9.17, 15) is 9.59 Å². The number of aryl methyl sites for hydroxylation is 1. The molecule has 0 aliphatic carbocycles. The molecule has 2 rings (SSSR count). The number of hydrogen-bond donors (Lipinski definition) is 1. The smallest absolute Gasteiger partial charge is 0.325 e. The van der Waals surface area contributed by atoms with Crippen molar-refractivity contribution in [3.05, 3.63) is 11.7 Å². The van der Waals surface area contributed by atoms with Crippen LogP contribution in [0.1, 0.15) is 39.4 Å². The minimum atomic E-state index is -0.516. The van der Waals surface area contributed by atoms with Gasteiger partial charge in [-0.25, -0.2) is 4.79 Å². The molecule has 1 unspecified atom stereocenters. The highest BCUT2D eigenvalue weighted by Crippen LogP contribution is 2.25. The van der Waals surface area contributed by atoms with Crippen LogP contribution in [0.25, 0.3) is 0 Å². The molecule has 2 heterocycles. The van der Waals surface area contributed by atoms with Gasteiger partial charge in [0, 0.05) is 6.42 Å². The molecule has 104 valence electrons. The predicted octanol–water partition coefficient (Wildman–Crippen LogP) is 1.10. The summed E-state index contributed by atoms with van der Waals surface area (Å²) in [4.78, 5) is 29.3. The van der Waals surface area contributed by atoms with Gasteiger partial charge in [0.2, 0.25) is 5.89 Å². The Labute approximate surface area is 111 Å². The van der Waals surface area contributed by atoms with Crippen LogP contribution < -0.4 is 5.32 Å². The molecule has 7 nitrogen and oxygen atoms in total. The molecule has 0 bridgehead atoms. The van der Waals surface area contributed by atoms with E-state index in [0.29, 0.717) is 18.1 Å². The van der Waals surface area contributed by atoms with Crippen molar-refractivity contribution in [3.63, 3.8) is 0 Å². The van der Waals surface area contributed by atoms with Crippen LogP contribution in [0.3, 0.4) is 0 Å². The van der Waals surface area contributed by atoms with E-state index in [1.54, 1.807) is 0 Å². The van der Waals surface area contributed by atoms with Crippen LogP contribution in [-0.4, -0.2) is 33.0 Å². The number of nitrogens with one attached hydrogen (secondary N) is 1. The van der Waals surface area contributed by atoms with E-state index in [4.69, 9.17) is 4.52 Å². The first-order valence-electron chi connectivity index (χ1n) is 6.26. The van der Waals surface area contributed by atoms with Gasteiger partial charge in [-0.3, -0.25) is 9.69 Å². The fourth-order valence-electron chi connectivity index (χ4n) is 1.90. The second-order valence-electron chi connectivity index (χ2n) is 5.63. The standard InChI is InChI=1S/C12H18N4O3/c1-5-8-13-7(15-19-8)6-16-10(17)9(12(2,3)4)14-11(16)18/h9H,5-6H2,1-4H3,(H,14,18). The van der Waals surface area contributed by atoms with E-state index in [1.807, 2.05) is 27.7 Å². The molecule has 0 aromatic carbocycles. The molecule has 1 aliphatic heterocycles. The summed E-state index contributed by atoms with van der Waals surface area (Å²) >= 11 is 0. The number of aromatic nitrogens is 2. The number of hydrogen-bond acceptors (Lipinski definition) is 5. The van der Waals surface area contributed by atoms with Crippen LogP contribution in [0.15, 0.2) is 4.52 Å². The summed E-state index contributed by atoms with van der Waals surface area (Å²) in [5.74, 6) is 0.588. The van der Waals surface area contributed by atoms with Gasteiger partial charge in [-0.05, 0) is 5.41 Å². The van der Waals surface area contributed by atoms with Crippen LogP contribution in [-0.2, 0) is 17.8 Å². The molecule has 1 aromatic heterocycles. The molecule has 0 spiro atoms. The molecule has 1 atom stereocenters. The third kappa shape index (κ3) is 2.59. The maximum absolute atomic E-state index is 12.2. The molecule has 7 heteroatoms. The lowest BCUT2D eigenvalue weighted by molar-refractivity contribution is -0.130. The molecular weight excluding hydrogens is 248 g/mol. The molecule has 1 saturated heterocycles. The monoisotopic (exact) mass is 266 g/mol. The Kier molecular flexibility index (Phi) is 3.30. The third-order valence-electron chi connectivity index (χ3n) is 3.00. The van der Waals surface area contributed by atoms with Crippen molar-refractivity contribution in [1.82, 2.24) is 20.4 Å². The number of carbonyl (C=O) groups is 2. The van der Waals surface area contributed by atoms with Gasteiger partial charge in [-0.1, -0.05) is 32.9 Å². The predicted molar refractivity (Wildman–Crippen MR) is 66.0 cm³/mol. The third-order valence-corrected chi connectivity index (χ3v) is 3.00. The van der Waals surface area contributed by atoms with Gasteiger partial charge >= 0.3 is 6.03 Å². The van der Waals surface area contributed by atoms with Crippen LogP contribution >= 0.6 is 0 Å². The molecule has 1 N–H and O–H groups in total. The minimum Gasteiger partial charge on any atom is -0.339 e. The fraction of sp³-hybridized carbons (Fsp3) is 0.667. The first-order valence-corrected chi connectivity index (χ1v) is 6.26. The van der Waals surface area contributed by atoms with Gasteiger partial charge < -0.3 is 9.84 Å². The van der Waals surface area contributed by atoms with Gasteiger partial charge in [0.05, 0.1) is 6.54 Å². The van der Waals surface area contributed by atoms with Crippen molar-refractivity contribution in [2.45, 2.75) is 46.7 Å². The molecule has 0 radical (unpaired) electrons. The first-order chi connectivity index (χ1) is 8.82. The van der Waals surface area contributed by atoms with Gasteiger partial charge in [-0.15, -0.1) is 0 Å². The topological polar surface area (TPSA) is 88.3 Å². The largest absolute Gasteiger partial charge is 0.339 e. The highest BCUT2D eigenvalue weighted by molar-refractivity contribution is 6.04. The van der Waals surface area contributed by atoms with Crippen LogP contribution in [0.5, 0.6) is 0 Å². The summed E-state index contributed by atoms with van der Waals surface area (Å²) in [5, 5.41) is 6.43. The summed E-state index contributed by atoms with van der Waals surface area (Å²) in [6.07, 6.45) is 0.623. The quantitative estimate of drug-likeness (QED) is 0.827. The zero-order valence-corrected chi connectivity index (χ0v) is 11.6. The molecule has 19 heavy (non-hydrogen) atoms. The van der Waals surface area contributed by atoms with Crippen LogP contribution in [0.2, 0.25) is 0 Å². The fourth-order valence-corrected chi connectivity index (χ4v) is 1.90. The van der Waals surface area contributed by atoms with Crippen LogP contribution in [0.4, 0.5) is 4.79 Å². The lowest BCUT2D eigenvalue weighted by atomic mass is 9.87. The number of urea groups is 1. The molecule has 0 saturated carbocycles. The summed E-state index contributed by atoms with van der Waals surface area (Å²) < 4.78 is 4.96. The Morgan fingerprint density at radius 3 is 2.53 bits per heavy atom. The summed E-state index contributed by atoms with van der Waals surface area (Å²) in [6, 6.07) is -0.926. The Hall–Kier alpha value is -1.92. The van der Waals surface area contributed by atoms with E-state index >= 15 is 0 Å². The van der Waals surface area contributed by atoms with E-state index in [-0.39, 0.29) is 17.9 Å². The van der Waals surface area contributed by atoms with Crippen molar-refractivity contribution in [2.24, 2.45) is 5.41 Å². The zero-order valence-electron chi connectivity index (χ0n) is 11.6. The Morgan fingerprint density at radius 2 is 2.05 bits per heavy atom. The Bertz CT molecular complexity index is 503. The van der Waals surface area contributed by atoms with Crippen LogP contribution in [0, 0.1) is 5.41 Å². The van der Waals surface area contributed by atoms with Gasteiger partial charge in [0.25, 0.3) is 5.91 Å². The zero-order chi connectivity index (χ0) is 14.2. The minimum absolute atomic E-state index is 0.0424. The van der Waals surface area contributed by atoms with Gasteiger partial charge in [0.1, 0.15) is 6.04 Å². The average molecular weight is 266 g/mol. The number of nitrogens with zero attached hydrogens (tertiary/aromatic N) is 3. The maximum Gasteiger partial charge on any atom is 0.325 e. The highest BCUT2D eigenvalue weighted by Gasteiger charge is 2.44. The Balaban J connectivity index is 2.13. The van der Waals surface area contributed by atoms with E-state index < -0.39 is 12.1 Å². The molecule has 3 amide bonds. The molecule has 1 aromatic rings.